The van der Waals surface area contributed by atoms with Gasteiger partial charge in [-0.2, -0.15) is 13.2 Å². The van der Waals surface area contributed by atoms with E-state index < -0.39 is 33.8 Å². The van der Waals surface area contributed by atoms with Gasteiger partial charge in [-0.3, -0.25) is 9.52 Å². The largest absolute Gasteiger partial charge is 0.465 e. The van der Waals surface area contributed by atoms with Crippen molar-refractivity contribution in [2.24, 2.45) is 0 Å². The number of carbonyl (C=O) groups excluding carboxylic acids is 2. The number of esters is 1. The lowest BCUT2D eigenvalue weighted by molar-refractivity contribution is -0.141. The predicted octanol–water partition coefficient (Wildman–Crippen LogP) is 5.43. The third-order valence-corrected chi connectivity index (χ3v) is 6.61. The molecule has 0 unspecified atom stereocenters. The molecule has 9 nitrogen and oxygen atoms in total. The number of nitrogens with one attached hydrogen (secondary N) is 4. The first-order valence-corrected chi connectivity index (χ1v) is 12.7. The van der Waals surface area contributed by atoms with Crippen LogP contribution >= 0.6 is 0 Å². The van der Waals surface area contributed by atoms with E-state index in [1.165, 1.54) is 30.3 Å². The first kappa shape index (κ1) is 28.3. The minimum absolute atomic E-state index is 0.0374. The van der Waals surface area contributed by atoms with Crippen LogP contribution in [0.1, 0.15) is 18.1 Å². The number of alkyl halides is 3. The van der Waals surface area contributed by atoms with Gasteiger partial charge in [-0.05, 0) is 80.1 Å². The lowest BCUT2D eigenvalue weighted by atomic mass is 10.2. The highest BCUT2D eigenvalue weighted by Crippen LogP contribution is 2.30. The first-order valence-electron chi connectivity index (χ1n) is 11.3. The molecule has 0 aliphatic carbocycles. The number of urea groups is 1. The zero-order valence-corrected chi connectivity index (χ0v) is 21.2. The van der Waals surface area contributed by atoms with Crippen LogP contribution in [0.25, 0.3) is 0 Å². The second-order valence-corrected chi connectivity index (χ2v) is 9.63. The quantitative estimate of drug-likeness (QED) is 0.263. The molecular weight excluding hydrogens is 525 g/mol. The molecule has 3 rings (SSSR count). The maximum atomic E-state index is 13.0. The molecule has 0 spiro atoms. The summed E-state index contributed by atoms with van der Waals surface area (Å²) >= 11 is 0. The summed E-state index contributed by atoms with van der Waals surface area (Å²) in [5.41, 5.74) is 0.689. The van der Waals surface area contributed by atoms with Gasteiger partial charge < -0.3 is 20.7 Å². The maximum Gasteiger partial charge on any atom is 0.416 e. The summed E-state index contributed by atoms with van der Waals surface area (Å²) in [7, 11) is -4.05. The van der Waals surface area contributed by atoms with Crippen LogP contribution in [0.4, 0.5) is 40.7 Å². The Morgan fingerprint density at radius 3 is 2.00 bits per heavy atom. The Labute approximate surface area is 217 Å². The van der Waals surface area contributed by atoms with Crippen LogP contribution < -0.4 is 20.7 Å². The summed E-state index contributed by atoms with van der Waals surface area (Å²) < 4.78 is 71.4. The van der Waals surface area contributed by atoms with Crippen molar-refractivity contribution in [2.75, 3.05) is 33.8 Å². The number of benzene rings is 3. The smallest absolute Gasteiger partial charge is 0.416 e. The van der Waals surface area contributed by atoms with Crippen LogP contribution in [-0.2, 0) is 25.7 Å². The fourth-order valence-electron chi connectivity index (χ4n) is 3.26. The number of hydrogen-bond donors (Lipinski definition) is 4. The number of amides is 2. The zero-order valence-electron chi connectivity index (χ0n) is 20.3. The van der Waals surface area contributed by atoms with Crippen molar-refractivity contribution < 1.29 is 35.9 Å². The van der Waals surface area contributed by atoms with Gasteiger partial charge in [0.1, 0.15) is 6.54 Å². The van der Waals surface area contributed by atoms with Crippen LogP contribution in [0.5, 0.6) is 0 Å². The highest BCUT2D eigenvalue weighted by molar-refractivity contribution is 7.92. The van der Waals surface area contributed by atoms with Gasteiger partial charge in [-0.25, -0.2) is 13.2 Å². The van der Waals surface area contributed by atoms with Gasteiger partial charge in [0.05, 0.1) is 17.1 Å². The van der Waals surface area contributed by atoms with Crippen molar-refractivity contribution >= 4 is 44.8 Å². The highest BCUT2D eigenvalue weighted by atomic mass is 32.2. The summed E-state index contributed by atoms with van der Waals surface area (Å²) in [6, 6.07) is 13.6. The van der Waals surface area contributed by atoms with E-state index in [1.807, 2.05) is 0 Å². The SMILES string of the molecule is CCOC(=O)CNc1ccc(NS(=O)(=O)c2cc(NC(=O)Nc3ccc(C(F)(F)F)cc3)ccc2C)cc1. The van der Waals surface area contributed by atoms with Crippen LogP contribution in [0.3, 0.4) is 0 Å². The van der Waals surface area contributed by atoms with Gasteiger partial charge in [0, 0.05) is 22.7 Å². The average Bonchev–Trinajstić information content (AvgIpc) is 2.84. The number of ether oxygens (including phenoxy) is 1. The summed E-state index contributed by atoms with van der Waals surface area (Å²) in [5, 5.41) is 7.73. The predicted molar refractivity (Wildman–Crippen MR) is 138 cm³/mol. The van der Waals surface area contributed by atoms with Crippen LogP contribution in [-0.4, -0.2) is 33.6 Å². The molecule has 0 saturated carbocycles. The molecule has 0 saturated heterocycles. The van der Waals surface area contributed by atoms with Gasteiger partial charge >= 0.3 is 18.2 Å². The van der Waals surface area contributed by atoms with Crippen molar-refractivity contribution in [3.8, 4) is 0 Å². The number of aryl methyl sites for hydroxylation is 1. The van der Waals surface area contributed by atoms with Crippen molar-refractivity contribution in [3.63, 3.8) is 0 Å². The molecule has 202 valence electrons. The van der Waals surface area contributed by atoms with Crippen molar-refractivity contribution in [2.45, 2.75) is 24.9 Å². The van der Waals surface area contributed by atoms with Gasteiger partial charge in [-0.15, -0.1) is 0 Å². The molecular formula is C25H25F3N4O5S. The molecule has 4 N–H and O–H groups in total. The third kappa shape index (κ3) is 7.87. The van der Waals surface area contributed by atoms with Crippen molar-refractivity contribution in [1.29, 1.82) is 0 Å². The molecule has 0 aliphatic heterocycles. The van der Waals surface area contributed by atoms with E-state index in [4.69, 9.17) is 4.74 Å². The number of anilines is 4. The van der Waals surface area contributed by atoms with Crippen LogP contribution in [0.15, 0.2) is 71.6 Å². The second kappa shape index (κ2) is 11.9. The molecule has 13 heteroatoms. The Kier molecular flexibility index (Phi) is 8.84. The Balaban J connectivity index is 1.66. The average molecular weight is 551 g/mol. The molecule has 3 aromatic carbocycles. The van der Waals surface area contributed by atoms with Gasteiger partial charge in [0.2, 0.25) is 0 Å². The molecule has 0 bridgehead atoms. The number of sulfonamides is 1. The highest BCUT2D eigenvalue weighted by Gasteiger charge is 2.30. The van der Waals surface area contributed by atoms with Crippen LogP contribution in [0, 0.1) is 6.92 Å². The summed E-state index contributed by atoms with van der Waals surface area (Å²) in [5.74, 6) is -0.422. The van der Waals surface area contributed by atoms with E-state index in [9.17, 15) is 31.2 Å². The second-order valence-electron chi connectivity index (χ2n) is 7.98. The fourth-order valence-corrected chi connectivity index (χ4v) is 4.59. The van der Waals surface area contributed by atoms with E-state index in [2.05, 4.69) is 20.7 Å². The molecule has 0 aromatic heterocycles. The zero-order chi connectivity index (χ0) is 27.9. The Morgan fingerprint density at radius 2 is 1.39 bits per heavy atom. The summed E-state index contributed by atoms with van der Waals surface area (Å²) in [6.07, 6.45) is -4.50. The molecule has 2 amide bonds. The van der Waals surface area contributed by atoms with Crippen molar-refractivity contribution in [1.82, 2.24) is 0 Å². The van der Waals surface area contributed by atoms with Gasteiger partial charge in [0.25, 0.3) is 10.0 Å². The number of halogens is 3. The lowest BCUT2D eigenvalue weighted by Crippen LogP contribution is -2.20. The Hall–Kier alpha value is -4.26. The number of rotatable bonds is 9. The fraction of sp³-hybridized carbons (Fsp3) is 0.200. The van der Waals surface area contributed by atoms with Gasteiger partial charge in [0.15, 0.2) is 0 Å². The molecule has 38 heavy (non-hydrogen) atoms. The van der Waals surface area contributed by atoms with Crippen molar-refractivity contribution in [3.05, 3.63) is 77.9 Å². The first-order chi connectivity index (χ1) is 17.9. The van der Waals surface area contributed by atoms with E-state index in [0.29, 0.717) is 11.3 Å². The van der Waals surface area contributed by atoms with E-state index >= 15 is 0 Å². The molecule has 0 radical (unpaired) electrons. The van der Waals surface area contributed by atoms with Gasteiger partial charge in [-0.1, -0.05) is 6.07 Å². The summed E-state index contributed by atoms with van der Waals surface area (Å²) in [4.78, 5) is 23.7. The standard InChI is InChI=1S/C25H25F3N4O5S/c1-3-37-23(33)15-29-18-10-12-20(13-11-18)32-38(35,36)22-14-21(7-4-16(22)2)31-24(34)30-19-8-5-17(6-9-19)25(26,27)28/h4-14,29,32H,3,15H2,1-2H3,(H2,30,31,34). The molecule has 0 heterocycles. The normalized spacial score (nSPS) is 11.4. The molecule has 3 aromatic rings. The molecule has 0 fully saturated rings. The Morgan fingerprint density at radius 1 is 0.842 bits per heavy atom. The lowest BCUT2D eigenvalue weighted by Gasteiger charge is -2.14. The van der Waals surface area contributed by atoms with Crippen LogP contribution in [0.2, 0.25) is 0 Å². The monoisotopic (exact) mass is 550 g/mol. The molecule has 0 aliphatic rings. The van der Waals surface area contributed by atoms with E-state index in [0.717, 1.165) is 24.3 Å². The number of carbonyl (C=O) groups is 2. The number of hydrogen-bond acceptors (Lipinski definition) is 6. The summed E-state index contributed by atoms with van der Waals surface area (Å²) in [6.45, 7) is 3.51. The maximum absolute atomic E-state index is 13.0. The topological polar surface area (TPSA) is 126 Å². The third-order valence-electron chi connectivity index (χ3n) is 5.08. The molecule has 0 atom stereocenters. The Bertz CT molecular complexity index is 1390. The minimum Gasteiger partial charge on any atom is -0.465 e. The van der Waals surface area contributed by atoms with E-state index in [1.54, 1.807) is 26.0 Å². The van der Waals surface area contributed by atoms with E-state index in [-0.39, 0.29) is 35.1 Å². The minimum atomic E-state index is -4.50.